The summed E-state index contributed by atoms with van der Waals surface area (Å²) in [6.07, 6.45) is 2.08. The second-order valence-corrected chi connectivity index (χ2v) is 6.76. The van der Waals surface area contributed by atoms with Gasteiger partial charge in [-0.3, -0.25) is 4.79 Å². The Morgan fingerprint density at radius 3 is 2.82 bits per heavy atom. The van der Waals surface area contributed by atoms with Crippen molar-refractivity contribution in [1.82, 2.24) is 5.32 Å². The molecule has 1 atom stereocenters. The Bertz CT molecular complexity index is 586. The van der Waals surface area contributed by atoms with E-state index in [1.165, 1.54) is 4.88 Å². The van der Waals surface area contributed by atoms with E-state index < -0.39 is 0 Å². The molecule has 0 radical (unpaired) electrons. The minimum atomic E-state index is 0.0796. The average molecular weight is 382 g/mol. The van der Waals surface area contributed by atoms with E-state index in [0.717, 1.165) is 16.6 Å². The van der Waals surface area contributed by atoms with Crippen molar-refractivity contribution < 1.29 is 9.53 Å². The van der Waals surface area contributed by atoms with Crippen molar-refractivity contribution in [3.63, 3.8) is 0 Å². The van der Waals surface area contributed by atoms with E-state index in [-0.39, 0.29) is 11.9 Å². The summed E-state index contributed by atoms with van der Waals surface area (Å²) in [6, 6.07) is 11.9. The molecule has 0 saturated carbocycles. The zero-order chi connectivity index (χ0) is 15.8. The third-order valence-electron chi connectivity index (χ3n) is 3.27. The smallest absolute Gasteiger partial charge is 0.220 e. The topological polar surface area (TPSA) is 38.3 Å². The van der Waals surface area contributed by atoms with Gasteiger partial charge in [0.15, 0.2) is 0 Å². The predicted molar refractivity (Wildman–Crippen MR) is 94.4 cm³/mol. The molecule has 0 aliphatic carbocycles. The Balaban J connectivity index is 1.70. The number of hydrogen-bond acceptors (Lipinski definition) is 3. The van der Waals surface area contributed by atoms with Crippen LogP contribution in [0.5, 0.6) is 5.75 Å². The number of carbonyl (C=O) groups excluding carboxylic acids is 1. The van der Waals surface area contributed by atoms with E-state index in [1.54, 1.807) is 11.3 Å². The fourth-order valence-corrected chi connectivity index (χ4v) is 3.37. The van der Waals surface area contributed by atoms with Gasteiger partial charge in [0.05, 0.1) is 17.1 Å². The molecule has 22 heavy (non-hydrogen) atoms. The molecule has 1 N–H and O–H groups in total. The first kappa shape index (κ1) is 17.0. The van der Waals surface area contributed by atoms with E-state index in [2.05, 4.69) is 34.2 Å². The molecule has 0 saturated heterocycles. The van der Waals surface area contributed by atoms with Crippen LogP contribution in [0.4, 0.5) is 0 Å². The van der Waals surface area contributed by atoms with Crippen LogP contribution in [0.25, 0.3) is 0 Å². The van der Waals surface area contributed by atoms with Crippen LogP contribution in [0, 0.1) is 0 Å². The highest BCUT2D eigenvalue weighted by Gasteiger charge is 2.13. The Kier molecular flexibility index (Phi) is 6.93. The van der Waals surface area contributed by atoms with Crippen molar-refractivity contribution in [3.8, 4) is 5.75 Å². The van der Waals surface area contributed by atoms with E-state index in [4.69, 9.17) is 4.74 Å². The van der Waals surface area contributed by atoms with Gasteiger partial charge >= 0.3 is 0 Å². The summed E-state index contributed by atoms with van der Waals surface area (Å²) in [5.74, 6) is 0.893. The SMILES string of the molecule is CCC(NC(=O)CCCOc1ccccc1Br)c1cccs1. The summed E-state index contributed by atoms with van der Waals surface area (Å²) in [5.41, 5.74) is 0. The summed E-state index contributed by atoms with van der Waals surface area (Å²) in [7, 11) is 0. The minimum Gasteiger partial charge on any atom is -0.492 e. The van der Waals surface area contributed by atoms with E-state index in [1.807, 2.05) is 35.7 Å². The molecule has 2 aromatic rings. The van der Waals surface area contributed by atoms with E-state index >= 15 is 0 Å². The minimum absolute atomic E-state index is 0.0796. The lowest BCUT2D eigenvalue weighted by Crippen LogP contribution is -2.27. The molecule has 0 fully saturated rings. The van der Waals surface area contributed by atoms with Gasteiger partial charge in [-0.2, -0.15) is 0 Å². The molecule has 1 aromatic carbocycles. The molecular formula is C17H20BrNO2S. The Labute approximate surface area is 143 Å². The average Bonchev–Trinajstić information content (AvgIpc) is 3.05. The maximum Gasteiger partial charge on any atom is 0.220 e. The molecule has 0 aliphatic rings. The lowest BCUT2D eigenvalue weighted by atomic mass is 10.2. The molecule has 0 bridgehead atoms. The molecule has 118 valence electrons. The number of hydrogen-bond donors (Lipinski definition) is 1. The molecule has 1 heterocycles. The number of nitrogens with one attached hydrogen (secondary N) is 1. The molecule has 0 aliphatic heterocycles. The zero-order valence-electron chi connectivity index (χ0n) is 12.5. The third kappa shape index (κ3) is 5.14. The Morgan fingerprint density at radius 1 is 1.32 bits per heavy atom. The summed E-state index contributed by atoms with van der Waals surface area (Å²) < 4.78 is 6.60. The third-order valence-corrected chi connectivity index (χ3v) is 4.91. The monoisotopic (exact) mass is 381 g/mol. The van der Waals surface area contributed by atoms with Crippen LogP contribution in [0.15, 0.2) is 46.3 Å². The summed E-state index contributed by atoms with van der Waals surface area (Å²) >= 11 is 5.12. The Morgan fingerprint density at radius 2 is 2.14 bits per heavy atom. The van der Waals surface area contributed by atoms with Gasteiger partial charge < -0.3 is 10.1 Å². The van der Waals surface area contributed by atoms with Gasteiger partial charge in [0.2, 0.25) is 5.91 Å². The van der Waals surface area contributed by atoms with Gasteiger partial charge in [-0.05, 0) is 52.4 Å². The number of benzene rings is 1. The van der Waals surface area contributed by atoms with Crippen LogP contribution in [0.1, 0.15) is 37.1 Å². The fraction of sp³-hybridized carbons (Fsp3) is 0.353. The largest absolute Gasteiger partial charge is 0.492 e. The van der Waals surface area contributed by atoms with Crippen molar-refractivity contribution in [2.45, 2.75) is 32.2 Å². The number of thiophene rings is 1. The number of carbonyl (C=O) groups is 1. The second kappa shape index (κ2) is 8.96. The molecular weight excluding hydrogens is 362 g/mol. The van der Waals surface area contributed by atoms with Gasteiger partial charge in [-0.25, -0.2) is 0 Å². The molecule has 1 aromatic heterocycles. The maximum atomic E-state index is 12.0. The van der Waals surface area contributed by atoms with Gasteiger partial charge in [0, 0.05) is 11.3 Å². The first-order valence-electron chi connectivity index (χ1n) is 7.40. The molecule has 5 heteroatoms. The van der Waals surface area contributed by atoms with Crippen molar-refractivity contribution >= 4 is 33.2 Å². The first-order chi connectivity index (χ1) is 10.7. The maximum absolute atomic E-state index is 12.0. The molecule has 3 nitrogen and oxygen atoms in total. The van der Waals surface area contributed by atoms with Crippen molar-refractivity contribution in [2.24, 2.45) is 0 Å². The van der Waals surface area contributed by atoms with Gasteiger partial charge in [-0.15, -0.1) is 11.3 Å². The second-order valence-electron chi connectivity index (χ2n) is 4.93. The van der Waals surface area contributed by atoms with Crippen LogP contribution >= 0.6 is 27.3 Å². The Hall–Kier alpha value is -1.33. The molecule has 1 unspecified atom stereocenters. The lowest BCUT2D eigenvalue weighted by molar-refractivity contribution is -0.122. The van der Waals surface area contributed by atoms with E-state index in [0.29, 0.717) is 19.4 Å². The zero-order valence-corrected chi connectivity index (χ0v) is 15.0. The van der Waals surface area contributed by atoms with Crippen LogP contribution in [-0.4, -0.2) is 12.5 Å². The fourth-order valence-electron chi connectivity index (χ4n) is 2.11. The highest BCUT2D eigenvalue weighted by molar-refractivity contribution is 9.10. The number of halogens is 1. The van der Waals surface area contributed by atoms with Crippen molar-refractivity contribution in [3.05, 3.63) is 51.1 Å². The predicted octanol–water partition coefficient (Wildman–Crippen LogP) is 4.94. The van der Waals surface area contributed by atoms with Crippen LogP contribution in [-0.2, 0) is 4.79 Å². The molecule has 2 rings (SSSR count). The highest BCUT2D eigenvalue weighted by atomic mass is 79.9. The summed E-state index contributed by atoms with van der Waals surface area (Å²) in [6.45, 7) is 2.62. The van der Waals surface area contributed by atoms with Crippen molar-refractivity contribution in [1.29, 1.82) is 0 Å². The van der Waals surface area contributed by atoms with Gasteiger partial charge in [-0.1, -0.05) is 25.1 Å². The lowest BCUT2D eigenvalue weighted by Gasteiger charge is -2.15. The normalized spacial score (nSPS) is 11.9. The van der Waals surface area contributed by atoms with Crippen LogP contribution < -0.4 is 10.1 Å². The number of ether oxygens (including phenoxy) is 1. The van der Waals surface area contributed by atoms with Gasteiger partial charge in [0.25, 0.3) is 0 Å². The van der Waals surface area contributed by atoms with E-state index in [9.17, 15) is 4.79 Å². The molecule has 0 spiro atoms. The first-order valence-corrected chi connectivity index (χ1v) is 9.08. The number of amides is 1. The molecule has 1 amide bonds. The van der Waals surface area contributed by atoms with Crippen molar-refractivity contribution in [2.75, 3.05) is 6.61 Å². The standard InChI is InChI=1S/C17H20BrNO2S/c1-2-14(16-9-6-12-22-16)19-17(20)10-5-11-21-15-8-4-3-7-13(15)18/h3-4,6-9,12,14H,2,5,10-11H2,1H3,(H,19,20). The number of para-hydroxylation sites is 1. The van der Waals surface area contributed by atoms with Crippen LogP contribution in [0.2, 0.25) is 0 Å². The summed E-state index contributed by atoms with van der Waals surface area (Å²) in [4.78, 5) is 13.2. The number of rotatable bonds is 8. The quantitative estimate of drug-likeness (QED) is 0.657. The van der Waals surface area contributed by atoms with Gasteiger partial charge in [0.1, 0.15) is 5.75 Å². The van der Waals surface area contributed by atoms with Crippen LogP contribution in [0.3, 0.4) is 0 Å². The highest BCUT2D eigenvalue weighted by Crippen LogP contribution is 2.24. The summed E-state index contributed by atoms with van der Waals surface area (Å²) in [5, 5.41) is 5.12.